The monoisotopic (exact) mass is 595 g/mol. The van der Waals surface area contributed by atoms with E-state index in [4.69, 9.17) is 14.2 Å². The third-order valence-electron chi connectivity index (χ3n) is 8.26. The number of hydrogen-bond donors (Lipinski definition) is 4. The first-order valence-corrected chi connectivity index (χ1v) is 16.5. The first-order chi connectivity index (χ1) is 20.9. The van der Waals surface area contributed by atoms with Crippen molar-refractivity contribution in [1.82, 2.24) is 10.6 Å². The molecule has 0 spiro atoms. The normalized spacial score (nSPS) is 17.1. The topological polar surface area (TPSA) is 101 Å². The highest BCUT2D eigenvalue weighted by Gasteiger charge is 2.27. The summed E-state index contributed by atoms with van der Waals surface area (Å²) in [6, 6.07) is 14.2. The smallest absolute Gasteiger partial charge is 0.319 e. The van der Waals surface area contributed by atoms with Gasteiger partial charge >= 0.3 is 6.03 Å². The molecule has 2 amide bonds. The molecule has 1 aliphatic heterocycles. The number of rotatable bonds is 17. The number of carbonyl (C=O) groups excluding carboxylic acids is 1. The Balaban J connectivity index is 0.960. The van der Waals surface area contributed by atoms with Crippen molar-refractivity contribution in [1.29, 1.82) is 0 Å². The lowest BCUT2D eigenvalue weighted by atomic mass is 9.96. The number of aliphatic hydroxyl groups excluding tert-OH is 1. The number of amides is 2. The lowest BCUT2D eigenvalue weighted by molar-refractivity contribution is -0.180. The predicted molar refractivity (Wildman–Crippen MR) is 171 cm³/mol. The van der Waals surface area contributed by atoms with E-state index in [1.54, 1.807) is 0 Å². The highest BCUT2D eigenvalue weighted by atomic mass is 16.7. The molecule has 43 heavy (non-hydrogen) atoms. The minimum atomic E-state index is -0.608. The number of urea groups is 1. The third kappa shape index (κ3) is 12.1. The molecule has 0 bridgehead atoms. The SMILES string of the molecule is CC1(C)OCc2cc([C@@H](O)CNCCCCCCOCCCCc3cccc(NC(=O)NC4CCCCC4)c3)ccc2O1. The van der Waals surface area contributed by atoms with Gasteiger partial charge in [0.15, 0.2) is 0 Å². The van der Waals surface area contributed by atoms with Gasteiger partial charge in [-0.15, -0.1) is 0 Å². The van der Waals surface area contributed by atoms with Gasteiger partial charge in [-0.3, -0.25) is 0 Å². The van der Waals surface area contributed by atoms with Crippen molar-refractivity contribution < 1.29 is 24.1 Å². The maximum Gasteiger partial charge on any atom is 0.319 e. The maximum absolute atomic E-state index is 12.3. The molecule has 238 valence electrons. The molecule has 1 saturated carbocycles. The Kier molecular flexibility index (Phi) is 13.6. The van der Waals surface area contributed by atoms with Crippen molar-refractivity contribution in [3.05, 3.63) is 59.2 Å². The van der Waals surface area contributed by atoms with E-state index < -0.39 is 11.9 Å². The van der Waals surface area contributed by atoms with E-state index in [1.165, 1.54) is 24.8 Å². The van der Waals surface area contributed by atoms with Crippen molar-refractivity contribution in [2.75, 3.05) is 31.6 Å². The molecule has 2 aliphatic rings. The minimum Gasteiger partial charge on any atom is -0.463 e. The second-order valence-electron chi connectivity index (χ2n) is 12.5. The average molecular weight is 596 g/mol. The molecule has 1 atom stereocenters. The van der Waals surface area contributed by atoms with Gasteiger partial charge < -0.3 is 35.3 Å². The van der Waals surface area contributed by atoms with Crippen LogP contribution in [0.4, 0.5) is 10.5 Å². The van der Waals surface area contributed by atoms with Crippen LogP contribution in [0, 0.1) is 0 Å². The second-order valence-corrected chi connectivity index (χ2v) is 12.5. The summed E-state index contributed by atoms with van der Waals surface area (Å²) in [4.78, 5) is 12.3. The number of ether oxygens (including phenoxy) is 3. The van der Waals surface area contributed by atoms with Crippen LogP contribution in [-0.2, 0) is 22.5 Å². The lowest BCUT2D eigenvalue weighted by Gasteiger charge is -2.33. The van der Waals surface area contributed by atoms with Crippen molar-refractivity contribution in [3.8, 4) is 5.75 Å². The number of benzene rings is 2. The van der Waals surface area contributed by atoms with Crippen LogP contribution < -0.4 is 20.7 Å². The van der Waals surface area contributed by atoms with Gasteiger partial charge in [0.1, 0.15) is 5.75 Å². The molecule has 0 radical (unpaired) electrons. The van der Waals surface area contributed by atoms with Crippen LogP contribution in [-0.4, -0.2) is 49.3 Å². The lowest BCUT2D eigenvalue weighted by Crippen LogP contribution is -2.39. The van der Waals surface area contributed by atoms with Gasteiger partial charge in [0.05, 0.1) is 12.7 Å². The Morgan fingerprint density at radius 1 is 1.00 bits per heavy atom. The first-order valence-electron chi connectivity index (χ1n) is 16.5. The van der Waals surface area contributed by atoms with Crippen LogP contribution in [0.15, 0.2) is 42.5 Å². The van der Waals surface area contributed by atoms with E-state index >= 15 is 0 Å². The zero-order valence-electron chi connectivity index (χ0n) is 26.3. The van der Waals surface area contributed by atoms with Crippen LogP contribution in [0.1, 0.15) is 107 Å². The number of aliphatic hydroxyl groups is 1. The molecule has 1 heterocycles. The summed E-state index contributed by atoms with van der Waals surface area (Å²) >= 11 is 0. The van der Waals surface area contributed by atoms with Crippen LogP contribution in [0.25, 0.3) is 0 Å². The van der Waals surface area contributed by atoms with E-state index in [0.29, 0.717) is 19.2 Å². The number of aryl methyl sites for hydroxylation is 1. The van der Waals surface area contributed by atoms with Crippen molar-refractivity contribution in [2.24, 2.45) is 0 Å². The highest BCUT2D eigenvalue weighted by molar-refractivity contribution is 5.89. The van der Waals surface area contributed by atoms with Crippen LogP contribution >= 0.6 is 0 Å². The van der Waals surface area contributed by atoms with Crippen molar-refractivity contribution >= 4 is 11.7 Å². The Labute approximate surface area is 258 Å². The number of nitrogens with one attached hydrogen (secondary N) is 3. The first kappa shape index (κ1) is 33.2. The molecule has 1 aliphatic carbocycles. The van der Waals surface area contributed by atoms with E-state index in [9.17, 15) is 9.90 Å². The summed E-state index contributed by atoms with van der Waals surface area (Å²) in [5.41, 5.74) is 3.97. The molecule has 4 rings (SSSR count). The molecular weight excluding hydrogens is 542 g/mol. The molecule has 2 aromatic rings. The Morgan fingerprint density at radius 3 is 2.63 bits per heavy atom. The summed E-state index contributed by atoms with van der Waals surface area (Å²) in [6.07, 6.45) is 12.9. The molecule has 8 heteroatoms. The minimum absolute atomic E-state index is 0.0925. The summed E-state index contributed by atoms with van der Waals surface area (Å²) in [6.45, 7) is 7.33. The fourth-order valence-electron chi connectivity index (χ4n) is 5.77. The molecule has 2 aromatic carbocycles. The van der Waals surface area contributed by atoms with Crippen LogP contribution in [0.2, 0.25) is 0 Å². The van der Waals surface area contributed by atoms with Gasteiger partial charge in [-0.25, -0.2) is 4.79 Å². The fourth-order valence-corrected chi connectivity index (χ4v) is 5.77. The molecule has 0 aromatic heterocycles. The molecule has 4 N–H and O–H groups in total. The molecule has 8 nitrogen and oxygen atoms in total. The van der Waals surface area contributed by atoms with Crippen molar-refractivity contribution in [3.63, 3.8) is 0 Å². The van der Waals surface area contributed by atoms with Gasteiger partial charge in [0.25, 0.3) is 0 Å². The largest absolute Gasteiger partial charge is 0.463 e. The Morgan fingerprint density at radius 2 is 1.79 bits per heavy atom. The summed E-state index contributed by atoms with van der Waals surface area (Å²) < 4.78 is 17.4. The molecular formula is C35H53N3O5. The van der Waals surface area contributed by atoms with Gasteiger partial charge in [-0.2, -0.15) is 0 Å². The van der Waals surface area contributed by atoms with Gasteiger partial charge in [-0.05, 0) is 86.9 Å². The van der Waals surface area contributed by atoms with E-state index in [2.05, 4.69) is 28.1 Å². The number of fused-ring (bicyclic) bond motifs is 1. The van der Waals surface area contributed by atoms with E-state index in [-0.39, 0.29) is 6.03 Å². The summed E-state index contributed by atoms with van der Waals surface area (Å²) in [5.74, 6) is 0.221. The maximum atomic E-state index is 12.3. The van der Waals surface area contributed by atoms with E-state index in [1.807, 2.05) is 44.2 Å². The second kappa shape index (κ2) is 17.6. The van der Waals surface area contributed by atoms with Gasteiger partial charge in [0.2, 0.25) is 5.79 Å². The number of carbonyl (C=O) groups is 1. The fraction of sp³-hybridized carbons (Fsp3) is 0.629. The van der Waals surface area contributed by atoms with E-state index in [0.717, 1.165) is 100 Å². The number of anilines is 1. The third-order valence-corrected chi connectivity index (χ3v) is 8.26. The zero-order chi connectivity index (χ0) is 30.3. The number of hydrogen-bond acceptors (Lipinski definition) is 6. The number of unbranched alkanes of at least 4 members (excludes halogenated alkanes) is 4. The zero-order valence-corrected chi connectivity index (χ0v) is 26.3. The van der Waals surface area contributed by atoms with Gasteiger partial charge in [-0.1, -0.05) is 50.3 Å². The Bertz CT molecular complexity index is 1120. The van der Waals surface area contributed by atoms with Gasteiger partial charge in [0, 0.05) is 50.9 Å². The molecule has 0 saturated heterocycles. The quantitative estimate of drug-likeness (QED) is 0.147. The summed E-state index contributed by atoms with van der Waals surface area (Å²) in [5, 5.41) is 20.1. The van der Waals surface area contributed by atoms with Crippen LogP contribution in [0.3, 0.4) is 0 Å². The Hall–Kier alpha value is -2.65. The predicted octanol–water partition coefficient (Wildman–Crippen LogP) is 7.01. The van der Waals surface area contributed by atoms with Crippen molar-refractivity contribution in [2.45, 2.75) is 115 Å². The standard InChI is InChI=1S/C35H53N3O5/c1-35(2)42-26-29-24-28(18-19-33(29)43-35)32(39)25-36-20-9-3-4-10-21-41-22-11-8-13-27-14-12-17-31(23-27)38-34(40)37-30-15-6-5-7-16-30/h12,14,17-19,23-24,30,32,36,39H,3-11,13,15-16,20-22,25-26H2,1-2H3,(H2,37,38,40)/t32-/m0/s1. The molecule has 0 unspecified atom stereocenters. The highest BCUT2D eigenvalue weighted by Crippen LogP contribution is 2.32. The average Bonchev–Trinajstić information content (AvgIpc) is 2.99. The van der Waals surface area contributed by atoms with Crippen LogP contribution in [0.5, 0.6) is 5.75 Å². The molecule has 1 fully saturated rings. The summed E-state index contributed by atoms with van der Waals surface area (Å²) in [7, 11) is 0.